The van der Waals surface area contributed by atoms with Crippen LogP contribution in [0.4, 0.5) is 5.82 Å². The molecule has 5 nitrogen and oxygen atoms in total. The van der Waals surface area contributed by atoms with Crippen molar-refractivity contribution in [3.05, 3.63) is 47.7 Å². The van der Waals surface area contributed by atoms with E-state index in [4.69, 9.17) is 9.47 Å². The SMILES string of the molecule is COc1ccc(OC)c(C(=O)C[n+]2cccc3c2NCC3)c1. The van der Waals surface area contributed by atoms with Gasteiger partial charge in [0.2, 0.25) is 5.78 Å². The molecule has 3 rings (SSSR count). The predicted molar refractivity (Wildman–Crippen MR) is 82.7 cm³/mol. The van der Waals surface area contributed by atoms with Crippen molar-refractivity contribution >= 4 is 11.6 Å². The van der Waals surface area contributed by atoms with Crippen LogP contribution in [0.1, 0.15) is 15.9 Å². The van der Waals surface area contributed by atoms with Gasteiger partial charge in [-0.1, -0.05) is 0 Å². The van der Waals surface area contributed by atoms with Crippen LogP contribution in [-0.4, -0.2) is 26.5 Å². The highest BCUT2D eigenvalue weighted by Crippen LogP contribution is 2.25. The van der Waals surface area contributed by atoms with Gasteiger partial charge in [-0.2, -0.15) is 0 Å². The number of Topliss-reactive ketones (excluding diaryl/α,β-unsaturated/α-hetero) is 1. The lowest BCUT2D eigenvalue weighted by molar-refractivity contribution is -0.669. The molecule has 1 N–H and O–H groups in total. The smallest absolute Gasteiger partial charge is 0.278 e. The number of pyridine rings is 1. The van der Waals surface area contributed by atoms with E-state index in [2.05, 4.69) is 11.4 Å². The third kappa shape index (κ3) is 2.62. The monoisotopic (exact) mass is 299 g/mol. The maximum Gasteiger partial charge on any atom is 0.278 e. The fourth-order valence-corrected chi connectivity index (χ4v) is 2.74. The third-order valence-corrected chi connectivity index (χ3v) is 3.86. The normalized spacial score (nSPS) is 12.5. The molecule has 0 saturated carbocycles. The lowest BCUT2D eigenvalue weighted by Crippen LogP contribution is -2.40. The Morgan fingerprint density at radius 2 is 2.14 bits per heavy atom. The van der Waals surface area contributed by atoms with Gasteiger partial charge in [0.15, 0.2) is 6.54 Å². The first-order valence-corrected chi connectivity index (χ1v) is 7.23. The summed E-state index contributed by atoms with van der Waals surface area (Å²) in [6.07, 6.45) is 2.91. The summed E-state index contributed by atoms with van der Waals surface area (Å²) in [7, 11) is 3.15. The number of anilines is 1. The predicted octanol–water partition coefficient (Wildman–Crippen LogP) is 1.84. The molecule has 0 fully saturated rings. The summed E-state index contributed by atoms with van der Waals surface area (Å²) in [4.78, 5) is 12.7. The van der Waals surface area contributed by atoms with Gasteiger partial charge in [0, 0.05) is 12.0 Å². The van der Waals surface area contributed by atoms with E-state index < -0.39 is 0 Å². The van der Waals surface area contributed by atoms with Crippen LogP contribution in [0.5, 0.6) is 11.5 Å². The van der Waals surface area contributed by atoms with Gasteiger partial charge < -0.3 is 9.47 Å². The van der Waals surface area contributed by atoms with Gasteiger partial charge in [0.05, 0.1) is 32.5 Å². The van der Waals surface area contributed by atoms with Crippen molar-refractivity contribution in [3.63, 3.8) is 0 Å². The standard InChI is InChI=1S/C17H18N2O3/c1-21-13-5-6-16(22-2)14(10-13)15(20)11-19-9-3-4-12-7-8-18-17(12)19/h3-6,9-10H,7-8,11H2,1-2H3/p+1. The van der Waals surface area contributed by atoms with Crippen molar-refractivity contribution < 1.29 is 18.8 Å². The first kappa shape index (κ1) is 14.4. The molecule has 0 spiro atoms. The summed E-state index contributed by atoms with van der Waals surface area (Å²) in [6, 6.07) is 9.32. The minimum absolute atomic E-state index is 0.0112. The van der Waals surface area contributed by atoms with Gasteiger partial charge in [0.25, 0.3) is 5.82 Å². The zero-order valence-electron chi connectivity index (χ0n) is 12.8. The van der Waals surface area contributed by atoms with E-state index in [1.54, 1.807) is 32.4 Å². The van der Waals surface area contributed by atoms with E-state index in [-0.39, 0.29) is 12.3 Å². The molecule has 0 radical (unpaired) electrons. The number of methoxy groups -OCH3 is 2. The first-order chi connectivity index (χ1) is 10.7. The zero-order chi connectivity index (χ0) is 15.5. The molecule has 1 aliphatic rings. The molecule has 0 aliphatic carbocycles. The Morgan fingerprint density at radius 1 is 1.27 bits per heavy atom. The van der Waals surface area contributed by atoms with Crippen molar-refractivity contribution in [1.82, 2.24) is 0 Å². The Bertz CT molecular complexity index is 713. The Labute approximate surface area is 129 Å². The lowest BCUT2D eigenvalue weighted by atomic mass is 10.1. The number of aromatic nitrogens is 1. The zero-order valence-corrected chi connectivity index (χ0v) is 12.8. The number of hydrogen-bond acceptors (Lipinski definition) is 4. The lowest BCUT2D eigenvalue weighted by Gasteiger charge is -2.10. The summed E-state index contributed by atoms with van der Waals surface area (Å²) in [5, 5.41) is 3.33. The fourth-order valence-electron chi connectivity index (χ4n) is 2.74. The van der Waals surface area contributed by atoms with Crippen molar-refractivity contribution in [2.75, 3.05) is 26.1 Å². The van der Waals surface area contributed by atoms with Crippen LogP contribution >= 0.6 is 0 Å². The number of ketones is 1. The average Bonchev–Trinajstić information content (AvgIpc) is 3.03. The van der Waals surface area contributed by atoms with Crippen LogP contribution < -0.4 is 19.4 Å². The molecular formula is C17H19N2O3+. The largest absolute Gasteiger partial charge is 0.497 e. The Hall–Kier alpha value is -2.56. The molecular weight excluding hydrogens is 280 g/mol. The minimum atomic E-state index is -0.0112. The highest BCUT2D eigenvalue weighted by molar-refractivity contribution is 5.98. The van der Waals surface area contributed by atoms with E-state index >= 15 is 0 Å². The number of nitrogens with one attached hydrogen (secondary N) is 1. The maximum absolute atomic E-state index is 12.7. The van der Waals surface area contributed by atoms with Crippen LogP contribution in [0.2, 0.25) is 0 Å². The molecule has 2 aromatic rings. The quantitative estimate of drug-likeness (QED) is 0.676. The molecule has 0 amide bonds. The van der Waals surface area contributed by atoms with E-state index in [1.165, 1.54) is 5.56 Å². The van der Waals surface area contributed by atoms with Crippen LogP contribution in [0.25, 0.3) is 0 Å². The summed E-state index contributed by atoms with van der Waals surface area (Å²) in [5.74, 6) is 2.22. The molecule has 1 aromatic heterocycles. The molecule has 114 valence electrons. The van der Waals surface area contributed by atoms with Crippen molar-refractivity contribution in [2.45, 2.75) is 13.0 Å². The van der Waals surface area contributed by atoms with Crippen LogP contribution in [0, 0.1) is 0 Å². The Kier molecular flexibility index (Phi) is 3.96. The first-order valence-electron chi connectivity index (χ1n) is 7.23. The molecule has 0 bridgehead atoms. The van der Waals surface area contributed by atoms with E-state index in [9.17, 15) is 4.79 Å². The molecule has 0 atom stereocenters. The number of ether oxygens (including phenoxy) is 2. The van der Waals surface area contributed by atoms with E-state index in [1.807, 2.05) is 16.8 Å². The second kappa shape index (κ2) is 6.05. The van der Waals surface area contributed by atoms with Crippen LogP contribution in [0.3, 0.4) is 0 Å². The molecule has 1 aromatic carbocycles. The molecule has 0 unspecified atom stereocenters. The number of nitrogens with zero attached hydrogens (tertiary/aromatic N) is 1. The summed E-state index contributed by atoms with van der Waals surface area (Å²) in [6.45, 7) is 1.18. The van der Waals surface area contributed by atoms with Crippen LogP contribution in [-0.2, 0) is 13.0 Å². The minimum Gasteiger partial charge on any atom is -0.497 e. The van der Waals surface area contributed by atoms with Gasteiger partial charge in [-0.05, 0) is 30.3 Å². The number of rotatable bonds is 5. The van der Waals surface area contributed by atoms with Crippen LogP contribution in [0.15, 0.2) is 36.5 Å². The Morgan fingerprint density at radius 3 is 2.91 bits per heavy atom. The number of carbonyl (C=O) groups excluding carboxylic acids is 1. The van der Waals surface area contributed by atoms with Gasteiger partial charge in [-0.3, -0.25) is 10.1 Å². The highest BCUT2D eigenvalue weighted by Gasteiger charge is 2.23. The van der Waals surface area contributed by atoms with Gasteiger partial charge >= 0.3 is 0 Å². The van der Waals surface area contributed by atoms with Gasteiger partial charge in [-0.25, -0.2) is 4.57 Å². The number of benzene rings is 1. The summed E-state index contributed by atoms with van der Waals surface area (Å²) < 4.78 is 12.4. The Balaban J connectivity index is 1.91. The van der Waals surface area contributed by atoms with Crippen molar-refractivity contribution in [3.8, 4) is 11.5 Å². The van der Waals surface area contributed by atoms with Gasteiger partial charge in [-0.15, -0.1) is 0 Å². The topological polar surface area (TPSA) is 51.4 Å². The molecule has 5 heteroatoms. The molecule has 2 heterocycles. The number of fused-ring (bicyclic) bond motifs is 1. The number of carbonyl (C=O) groups is 1. The average molecular weight is 299 g/mol. The van der Waals surface area contributed by atoms with E-state index in [0.29, 0.717) is 17.1 Å². The maximum atomic E-state index is 12.7. The number of hydrogen-bond donors (Lipinski definition) is 1. The van der Waals surface area contributed by atoms with E-state index in [0.717, 1.165) is 18.8 Å². The highest BCUT2D eigenvalue weighted by atomic mass is 16.5. The van der Waals surface area contributed by atoms with Crippen molar-refractivity contribution in [1.29, 1.82) is 0 Å². The van der Waals surface area contributed by atoms with Gasteiger partial charge in [0.1, 0.15) is 11.5 Å². The summed E-state index contributed by atoms with van der Waals surface area (Å²) in [5.41, 5.74) is 1.78. The fraction of sp³-hybridized carbons (Fsp3) is 0.294. The summed E-state index contributed by atoms with van der Waals surface area (Å²) >= 11 is 0. The second-order valence-electron chi connectivity index (χ2n) is 5.18. The third-order valence-electron chi connectivity index (χ3n) is 3.86. The second-order valence-corrected chi connectivity index (χ2v) is 5.18. The molecule has 22 heavy (non-hydrogen) atoms. The molecule has 1 aliphatic heterocycles. The molecule has 0 saturated heterocycles. The van der Waals surface area contributed by atoms with Crippen molar-refractivity contribution in [2.24, 2.45) is 0 Å².